The zero-order valence-electron chi connectivity index (χ0n) is 10.3. The number of aromatic nitrogens is 3. The number of pyridine rings is 1. The van der Waals surface area contributed by atoms with E-state index >= 15 is 0 Å². The van der Waals surface area contributed by atoms with Crippen LogP contribution in [0.15, 0.2) is 24.4 Å². The van der Waals surface area contributed by atoms with Crippen LogP contribution in [0.5, 0.6) is 0 Å². The Kier molecular flexibility index (Phi) is 3.32. The molecule has 0 unspecified atom stereocenters. The average Bonchev–Trinajstić information content (AvgIpc) is 2.73. The first-order valence-electron chi connectivity index (χ1n) is 5.54. The third kappa shape index (κ3) is 2.76. The van der Waals surface area contributed by atoms with Gasteiger partial charge in [0.1, 0.15) is 0 Å². The minimum atomic E-state index is -4.74. The van der Waals surface area contributed by atoms with Gasteiger partial charge in [0.05, 0.1) is 5.69 Å². The number of halogens is 3. The number of hydrogen-bond donors (Lipinski definition) is 1. The quantitative estimate of drug-likeness (QED) is 0.913. The Hall–Kier alpha value is -1.89. The molecule has 0 bridgehead atoms. The summed E-state index contributed by atoms with van der Waals surface area (Å²) in [6.07, 6.45) is -5.82. The summed E-state index contributed by atoms with van der Waals surface area (Å²) in [4.78, 5) is 4.03. The van der Waals surface area contributed by atoms with Gasteiger partial charge in [-0.15, -0.1) is 0 Å². The molecule has 1 atom stereocenters. The molecule has 0 aliphatic carbocycles. The predicted octanol–water partition coefficient (Wildman–Crippen LogP) is 2.48. The summed E-state index contributed by atoms with van der Waals surface area (Å²) in [5.74, 6) is -0.0158. The highest BCUT2D eigenvalue weighted by Gasteiger charge is 2.41. The minimum absolute atomic E-state index is 0.0158. The van der Waals surface area contributed by atoms with Gasteiger partial charge >= 0.3 is 6.18 Å². The summed E-state index contributed by atoms with van der Waals surface area (Å²) in [6.45, 7) is 3.37. The molecule has 1 N–H and O–H groups in total. The Bertz CT molecular complexity index is 592. The van der Waals surface area contributed by atoms with E-state index in [2.05, 4.69) is 10.1 Å². The second kappa shape index (κ2) is 4.65. The standard InChI is InChI=1S/C12H12F3N3O/c1-7-3-4-9(10(19)12(13,14)15)11(16-7)18-6-5-8(2)17-18/h3-6,10,19H,1-2H3/t10-/m1/s1. The normalized spacial score (nSPS) is 13.6. The van der Waals surface area contributed by atoms with E-state index in [1.807, 2.05) is 0 Å². The first-order chi connectivity index (χ1) is 8.79. The van der Waals surface area contributed by atoms with Crippen LogP contribution in [0, 0.1) is 13.8 Å². The molecule has 0 amide bonds. The highest BCUT2D eigenvalue weighted by atomic mass is 19.4. The van der Waals surface area contributed by atoms with E-state index in [-0.39, 0.29) is 11.4 Å². The molecule has 2 aromatic heterocycles. The number of hydrogen-bond acceptors (Lipinski definition) is 3. The van der Waals surface area contributed by atoms with Crippen LogP contribution in [0.1, 0.15) is 23.1 Å². The monoisotopic (exact) mass is 271 g/mol. The van der Waals surface area contributed by atoms with Crippen molar-refractivity contribution >= 4 is 0 Å². The summed E-state index contributed by atoms with van der Waals surface area (Å²) >= 11 is 0. The van der Waals surface area contributed by atoms with Crippen LogP contribution in [0.25, 0.3) is 5.82 Å². The van der Waals surface area contributed by atoms with Crippen LogP contribution in [-0.4, -0.2) is 26.0 Å². The van der Waals surface area contributed by atoms with Crippen LogP contribution < -0.4 is 0 Å². The molecular weight excluding hydrogens is 259 g/mol. The molecule has 2 aromatic rings. The topological polar surface area (TPSA) is 50.9 Å². The van der Waals surface area contributed by atoms with Gasteiger partial charge in [0.15, 0.2) is 11.9 Å². The van der Waals surface area contributed by atoms with Crippen LogP contribution in [-0.2, 0) is 0 Å². The highest BCUT2D eigenvalue weighted by Crippen LogP contribution is 2.34. The first kappa shape index (κ1) is 13.5. The Balaban J connectivity index is 2.56. The van der Waals surface area contributed by atoms with Gasteiger partial charge in [-0.25, -0.2) is 9.67 Å². The van der Waals surface area contributed by atoms with Gasteiger partial charge in [0.25, 0.3) is 0 Å². The van der Waals surface area contributed by atoms with Crippen molar-refractivity contribution in [1.29, 1.82) is 0 Å². The third-order valence-corrected chi connectivity index (χ3v) is 2.59. The smallest absolute Gasteiger partial charge is 0.379 e. The summed E-state index contributed by atoms with van der Waals surface area (Å²) in [7, 11) is 0. The van der Waals surface area contributed by atoms with E-state index in [0.717, 1.165) is 0 Å². The van der Waals surface area contributed by atoms with E-state index in [1.54, 1.807) is 19.9 Å². The number of aryl methyl sites for hydroxylation is 2. The Morgan fingerprint density at radius 2 is 1.84 bits per heavy atom. The molecule has 0 saturated carbocycles. The predicted molar refractivity (Wildman–Crippen MR) is 61.8 cm³/mol. The summed E-state index contributed by atoms with van der Waals surface area (Å²) < 4.78 is 39.1. The van der Waals surface area contributed by atoms with Gasteiger partial charge < -0.3 is 5.11 Å². The second-order valence-corrected chi connectivity index (χ2v) is 4.21. The number of rotatable bonds is 2. The van der Waals surface area contributed by atoms with Crippen LogP contribution in [0.3, 0.4) is 0 Å². The molecule has 0 spiro atoms. The molecule has 19 heavy (non-hydrogen) atoms. The van der Waals surface area contributed by atoms with Gasteiger partial charge in [0, 0.05) is 17.5 Å². The summed E-state index contributed by atoms with van der Waals surface area (Å²) in [5.41, 5.74) is 0.873. The number of alkyl halides is 3. The van der Waals surface area contributed by atoms with Crippen LogP contribution >= 0.6 is 0 Å². The maximum absolute atomic E-state index is 12.6. The fourth-order valence-electron chi connectivity index (χ4n) is 1.66. The van der Waals surface area contributed by atoms with Crippen molar-refractivity contribution in [3.63, 3.8) is 0 Å². The van der Waals surface area contributed by atoms with Crippen molar-refractivity contribution in [2.45, 2.75) is 26.1 Å². The Morgan fingerprint density at radius 3 is 2.37 bits per heavy atom. The van der Waals surface area contributed by atoms with Crippen molar-refractivity contribution < 1.29 is 18.3 Å². The average molecular weight is 271 g/mol. The van der Waals surface area contributed by atoms with E-state index in [9.17, 15) is 18.3 Å². The van der Waals surface area contributed by atoms with Gasteiger partial charge in [-0.05, 0) is 26.0 Å². The highest BCUT2D eigenvalue weighted by molar-refractivity contribution is 5.37. The van der Waals surface area contributed by atoms with Crippen molar-refractivity contribution in [2.24, 2.45) is 0 Å². The maximum Gasteiger partial charge on any atom is 0.418 e. The lowest BCUT2D eigenvalue weighted by Gasteiger charge is -2.17. The third-order valence-electron chi connectivity index (χ3n) is 2.59. The SMILES string of the molecule is Cc1ccc([C@@H](O)C(F)(F)F)c(-n2ccc(C)n2)n1. The summed E-state index contributed by atoms with van der Waals surface area (Å²) in [6, 6.07) is 4.28. The Labute approximate surface area is 107 Å². The number of aliphatic hydroxyl groups is 1. The number of nitrogens with zero attached hydrogens (tertiary/aromatic N) is 3. The fraction of sp³-hybridized carbons (Fsp3) is 0.333. The van der Waals surface area contributed by atoms with Crippen molar-refractivity contribution in [2.75, 3.05) is 0 Å². The summed E-state index contributed by atoms with van der Waals surface area (Å²) in [5, 5.41) is 13.4. The lowest BCUT2D eigenvalue weighted by molar-refractivity contribution is -0.206. The van der Waals surface area contributed by atoms with Gasteiger partial charge in [-0.1, -0.05) is 6.07 Å². The maximum atomic E-state index is 12.6. The van der Waals surface area contributed by atoms with E-state index < -0.39 is 12.3 Å². The molecule has 2 heterocycles. The molecule has 0 saturated heterocycles. The van der Waals surface area contributed by atoms with Crippen molar-refractivity contribution in [1.82, 2.24) is 14.8 Å². The largest absolute Gasteiger partial charge is 0.418 e. The molecule has 0 aromatic carbocycles. The van der Waals surface area contributed by atoms with Crippen molar-refractivity contribution in [3.8, 4) is 5.82 Å². The lowest BCUT2D eigenvalue weighted by Crippen LogP contribution is -2.22. The van der Waals surface area contributed by atoms with Gasteiger partial charge in [-0.2, -0.15) is 18.3 Å². The zero-order valence-corrected chi connectivity index (χ0v) is 10.3. The fourth-order valence-corrected chi connectivity index (χ4v) is 1.66. The van der Waals surface area contributed by atoms with Gasteiger partial charge in [-0.3, -0.25) is 0 Å². The van der Waals surface area contributed by atoms with E-state index in [1.165, 1.54) is 23.0 Å². The molecule has 4 nitrogen and oxygen atoms in total. The van der Waals surface area contributed by atoms with Crippen LogP contribution in [0.2, 0.25) is 0 Å². The molecular formula is C12H12F3N3O. The molecule has 7 heteroatoms. The minimum Gasteiger partial charge on any atom is -0.379 e. The molecule has 0 aliphatic rings. The second-order valence-electron chi connectivity index (χ2n) is 4.21. The molecule has 0 radical (unpaired) electrons. The van der Waals surface area contributed by atoms with Crippen LogP contribution in [0.4, 0.5) is 13.2 Å². The number of aliphatic hydroxyl groups excluding tert-OH is 1. The van der Waals surface area contributed by atoms with Gasteiger partial charge in [0.2, 0.25) is 0 Å². The molecule has 2 rings (SSSR count). The lowest BCUT2D eigenvalue weighted by atomic mass is 10.1. The van der Waals surface area contributed by atoms with Crippen molar-refractivity contribution in [3.05, 3.63) is 41.3 Å². The van der Waals surface area contributed by atoms with E-state index in [4.69, 9.17) is 0 Å². The molecule has 0 aliphatic heterocycles. The zero-order chi connectivity index (χ0) is 14.2. The van der Waals surface area contributed by atoms with E-state index in [0.29, 0.717) is 11.4 Å². The molecule has 0 fully saturated rings. The first-order valence-corrected chi connectivity index (χ1v) is 5.54. The Morgan fingerprint density at radius 1 is 1.16 bits per heavy atom. The molecule has 102 valence electrons.